The van der Waals surface area contributed by atoms with Gasteiger partial charge in [0.15, 0.2) is 0 Å². The molecule has 0 atom stereocenters. The fourth-order valence-electron chi connectivity index (χ4n) is 7.13. The Morgan fingerprint density at radius 2 is 1.00 bits per heavy atom. The zero-order valence-corrected chi connectivity index (χ0v) is 28.3. The Kier molecular flexibility index (Phi) is 10.9. The Morgan fingerprint density at radius 3 is 1.40 bits per heavy atom. The van der Waals surface area contributed by atoms with Crippen LogP contribution in [0.5, 0.6) is 23.0 Å². The van der Waals surface area contributed by atoms with E-state index in [9.17, 15) is 20.2 Å². The van der Waals surface area contributed by atoms with Crippen molar-refractivity contribution < 1.29 is 19.3 Å². The van der Waals surface area contributed by atoms with Crippen molar-refractivity contribution in [2.45, 2.75) is 76.0 Å². The summed E-state index contributed by atoms with van der Waals surface area (Å²) in [7, 11) is 0. The van der Waals surface area contributed by atoms with Crippen LogP contribution in [0.2, 0.25) is 0 Å². The van der Waals surface area contributed by atoms with Gasteiger partial charge in [-0.2, -0.15) is 0 Å². The van der Waals surface area contributed by atoms with Crippen molar-refractivity contribution in [3.63, 3.8) is 0 Å². The molecule has 5 aromatic rings. The fraction of sp³-hybridized carbons (Fsp3) is 0.286. The lowest BCUT2D eigenvalue weighted by Gasteiger charge is -2.41. The molecule has 8 nitrogen and oxygen atoms in total. The lowest BCUT2D eigenvalue weighted by molar-refractivity contribution is -0.385. The maximum atomic E-state index is 11.0. The van der Waals surface area contributed by atoms with Crippen LogP contribution >= 0.6 is 0 Å². The first kappa shape index (κ1) is 34.4. The summed E-state index contributed by atoms with van der Waals surface area (Å²) in [6.07, 6.45) is 10.3. The molecule has 0 bridgehead atoms. The molecule has 0 amide bonds. The summed E-state index contributed by atoms with van der Waals surface area (Å²) in [4.78, 5) is 21.2. The van der Waals surface area contributed by atoms with E-state index in [1.54, 1.807) is 24.3 Å². The number of rotatable bonds is 14. The fourth-order valence-corrected chi connectivity index (χ4v) is 7.13. The smallest absolute Gasteiger partial charge is 0.269 e. The Bertz CT molecular complexity index is 1760. The van der Waals surface area contributed by atoms with E-state index < -0.39 is 9.85 Å². The highest BCUT2D eigenvalue weighted by Gasteiger charge is 2.39. The summed E-state index contributed by atoms with van der Waals surface area (Å²) in [6, 6.07) is 37.9. The predicted molar refractivity (Wildman–Crippen MR) is 196 cm³/mol. The van der Waals surface area contributed by atoms with Crippen LogP contribution in [-0.4, -0.2) is 9.85 Å². The number of nitro benzene ring substituents is 2. The molecule has 0 heterocycles. The van der Waals surface area contributed by atoms with Crippen molar-refractivity contribution in [3.05, 3.63) is 164 Å². The molecule has 0 spiro atoms. The summed E-state index contributed by atoms with van der Waals surface area (Å²) in [5, 5.41) is 22.1. The highest BCUT2D eigenvalue weighted by molar-refractivity contribution is 5.47. The van der Waals surface area contributed by atoms with Crippen LogP contribution in [0.3, 0.4) is 0 Å². The molecule has 0 aromatic heterocycles. The maximum Gasteiger partial charge on any atom is 0.269 e. The molecule has 5 aromatic carbocycles. The second kappa shape index (κ2) is 15.8. The first-order chi connectivity index (χ1) is 24.3. The third-order valence-electron chi connectivity index (χ3n) is 9.99. The number of benzene rings is 5. The van der Waals surface area contributed by atoms with Crippen LogP contribution in [0.25, 0.3) is 0 Å². The van der Waals surface area contributed by atoms with Gasteiger partial charge in [-0.1, -0.05) is 74.7 Å². The van der Waals surface area contributed by atoms with Crippen molar-refractivity contribution >= 4 is 11.4 Å². The molecule has 0 unspecified atom stereocenters. The van der Waals surface area contributed by atoms with E-state index in [0.717, 1.165) is 32.1 Å². The van der Waals surface area contributed by atoms with Crippen molar-refractivity contribution in [2.75, 3.05) is 0 Å². The minimum absolute atomic E-state index is 0.0211. The minimum Gasteiger partial charge on any atom is -0.457 e. The zero-order chi connectivity index (χ0) is 34.9. The number of nitro groups is 2. The molecule has 6 rings (SSSR count). The lowest BCUT2D eigenvalue weighted by atomic mass is 9.62. The van der Waals surface area contributed by atoms with Gasteiger partial charge < -0.3 is 9.47 Å². The highest BCUT2D eigenvalue weighted by atomic mass is 16.6. The minimum atomic E-state index is -0.425. The van der Waals surface area contributed by atoms with E-state index in [0.29, 0.717) is 28.9 Å². The maximum absolute atomic E-state index is 11.0. The molecule has 0 N–H and O–H groups in total. The largest absolute Gasteiger partial charge is 0.457 e. The number of aryl methyl sites for hydroxylation is 1. The molecule has 1 aliphatic carbocycles. The topological polar surface area (TPSA) is 105 Å². The van der Waals surface area contributed by atoms with Crippen molar-refractivity contribution in [1.29, 1.82) is 0 Å². The Morgan fingerprint density at radius 1 is 0.580 bits per heavy atom. The van der Waals surface area contributed by atoms with Gasteiger partial charge in [0.05, 0.1) is 9.85 Å². The van der Waals surface area contributed by atoms with Crippen LogP contribution < -0.4 is 9.47 Å². The molecule has 8 heteroatoms. The highest BCUT2D eigenvalue weighted by Crippen LogP contribution is 2.49. The van der Waals surface area contributed by atoms with E-state index in [1.807, 2.05) is 24.3 Å². The van der Waals surface area contributed by atoms with Crippen LogP contribution in [0, 0.1) is 20.2 Å². The van der Waals surface area contributed by atoms with Gasteiger partial charge in [0, 0.05) is 29.7 Å². The van der Waals surface area contributed by atoms with Crippen LogP contribution in [0.1, 0.15) is 86.5 Å². The van der Waals surface area contributed by atoms with Gasteiger partial charge in [-0.25, -0.2) is 0 Å². The lowest BCUT2D eigenvalue weighted by Crippen LogP contribution is -2.32. The van der Waals surface area contributed by atoms with Gasteiger partial charge in [0.2, 0.25) is 0 Å². The summed E-state index contributed by atoms with van der Waals surface area (Å²) >= 11 is 0. The van der Waals surface area contributed by atoms with Crippen molar-refractivity contribution in [3.8, 4) is 23.0 Å². The predicted octanol–water partition coefficient (Wildman–Crippen LogP) is 11.9. The Labute approximate surface area is 293 Å². The number of hydrogen-bond acceptors (Lipinski definition) is 6. The molecule has 1 aliphatic rings. The summed E-state index contributed by atoms with van der Waals surface area (Å²) in [5.74, 6) is 2.89. The average molecular weight is 671 g/mol. The zero-order valence-electron chi connectivity index (χ0n) is 28.3. The molecule has 0 saturated heterocycles. The number of hydrogen-bond donors (Lipinski definition) is 0. The molecular weight excluding hydrogens is 628 g/mol. The summed E-state index contributed by atoms with van der Waals surface area (Å²) in [5.41, 5.74) is 5.07. The average Bonchev–Trinajstić information content (AvgIpc) is 3.15. The van der Waals surface area contributed by atoms with E-state index in [1.165, 1.54) is 72.2 Å². The third-order valence-corrected chi connectivity index (χ3v) is 9.99. The molecule has 0 radical (unpaired) electrons. The third kappa shape index (κ3) is 8.20. The van der Waals surface area contributed by atoms with Gasteiger partial charge in [-0.3, -0.25) is 20.2 Å². The molecular formula is C42H42N2O6. The standard InChI is InChI=1S/C42H42N2O6/c1-2-3-4-5-6-31-7-9-32(10-8-31)33-27-29-42(30-28-33,34-11-19-38(20-12-34)49-40-23-15-36(16-24-40)43(45)46)35-13-21-39(22-14-35)50-41-25-17-37(18-26-41)44(47)48/h7-26,33H,2-6,27-30H2,1H3. The molecule has 1 saturated carbocycles. The van der Waals surface area contributed by atoms with E-state index in [4.69, 9.17) is 9.47 Å². The first-order valence-corrected chi connectivity index (χ1v) is 17.5. The molecule has 0 aliphatic heterocycles. The molecule has 50 heavy (non-hydrogen) atoms. The number of ether oxygens (including phenoxy) is 2. The normalized spacial score (nSPS) is 14.2. The van der Waals surface area contributed by atoms with Crippen LogP contribution in [0.15, 0.2) is 121 Å². The van der Waals surface area contributed by atoms with Gasteiger partial charge >= 0.3 is 0 Å². The van der Waals surface area contributed by atoms with Gasteiger partial charge in [0.25, 0.3) is 11.4 Å². The second-order valence-electron chi connectivity index (χ2n) is 13.2. The van der Waals surface area contributed by atoms with Crippen LogP contribution in [-0.2, 0) is 11.8 Å². The number of nitrogens with zero attached hydrogens (tertiary/aromatic N) is 2. The monoisotopic (exact) mass is 670 g/mol. The van der Waals surface area contributed by atoms with E-state index in [-0.39, 0.29) is 16.8 Å². The Hall–Kier alpha value is -5.50. The Balaban J connectivity index is 1.21. The van der Waals surface area contributed by atoms with Crippen LogP contribution in [0.4, 0.5) is 11.4 Å². The number of non-ortho nitro benzene ring substituents is 2. The van der Waals surface area contributed by atoms with Crippen molar-refractivity contribution in [1.82, 2.24) is 0 Å². The van der Waals surface area contributed by atoms with Gasteiger partial charge in [-0.15, -0.1) is 0 Å². The summed E-state index contributed by atoms with van der Waals surface area (Å²) in [6.45, 7) is 2.25. The first-order valence-electron chi connectivity index (χ1n) is 17.5. The quantitative estimate of drug-likeness (QED) is 0.0661. The van der Waals surface area contributed by atoms with E-state index in [2.05, 4.69) is 55.5 Å². The van der Waals surface area contributed by atoms with Gasteiger partial charge in [-0.05, 0) is 115 Å². The second-order valence-corrected chi connectivity index (χ2v) is 13.2. The van der Waals surface area contributed by atoms with E-state index >= 15 is 0 Å². The molecule has 1 fully saturated rings. The summed E-state index contributed by atoms with van der Waals surface area (Å²) < 4.78 is 12.1. The van der Waals surface area contributed by atoms with Gasteiger partial charge in [0.1, 0.15) is 23.0 Å². The number of unbranched alkanes of at least 4 members (excludes halogenated alkanes) is 3. The SMILES string of the molecule is CCCCCCc1ccc(C2CCC(c3ccc(Oc4ccc([N+](=O)[O-])cc4)cc3)(c3ccc(Oc4ccc([N+](=O)[O-])cc4)cc3)CC2)cc1. The van der Waals surface area contributed by atoms with Crippen molar-refractivity contribution in [2.24, 2.45) is 0 Å². The molecule has 256 valence electrons.